The SMILES string of the molecule is CC(C)(C)[SiH2]OC(O)(Cc1ccccc1)c1ccccc1. The molecule has 1 unspecified atom stereocenters. The third-order valence-electron chi connectivity index (χ3n) is 3.26. The number of aliphatic hydroxyl groups is 1. The molecule has 0 bridgehead atoms. The molecule has 2 aromatic carbocycles. The Morgan fingerprint density at radius 2 is 1.43 bits per heavy atom. The first kappa shape index (κ1) is 16.0. The molecule has 2 nitrogen and oxygen atoms in total. The maximum Gasteiger partial charge on any atom is 0.186 e. The zero-order chi connectivity index (χ0) is 15.3. The smallest absolute Gasteiger partial charge is 0.186 e. The highest BCUT2D eigenvalue weighted by Gasteiger charge is 2.32. The van der Waals surface area contributed by atoms with Gasteiger partial charge in [-0.05, 0) is 10.6 Å². The molecule has 3 heteroatoms. The molecule has 0 saturated heterocycles. The average Bonchev–Trinajstić information content (AvgIpc) is 2.47. The molecule has 1 N–H and O–H groups in total. The molecule has 1 atom stereocenters. The summed E-state index contributed by atoms with van der Waals surface area (Å²) in [5.41, 5.74) is 1.90. The summed E-state index contributed by atoms with van der Waals surface area (Å²) in [7, 11) is -0.864. The second kappa shape index (κ2) is 6.56. The van der Waals surface area contributed by atoms with Gasteiger partial charge in [0.15, 0.2) is 15.6 Å². The predicted octanol–water partition coefficient (Wildman–Crippen LogP) is 3.39. The van der Waals surface area contributed by atoms with E-state index in [9.17, 15) is 5.11 Å². The van der Waals surface area contributed by atoms with Gasteiger partial charge in [-0.1, -0.05) is 81.4 Å². The van der Waals surface area contributed by atoms with Crippen LogP contribution in [0, 0.1) is 0 Å². The molecule has 0 aromatic heterocycles. The fraction of sp³-hybridized carbons (Fsp3) is 0.333. The van der Waals surface area contributed by atoms with Crippen LogP contribution in [0.2, 0.25) is 5.04 Å². The second-order valence-electron chi connectivity index (χ2n) is 6.66. The summed E-state index contributed by atoms with van der Waals surface area (Å²) in [6, 6.07) is 19.7. The molecule has 21 heavy (non-hydrogen) atoms. The van der Waals surface area contributed by atoms with E-state index in [0.29, 0.717) is 6.42 Å². The van der Waals surface area contributed by atoms with Gasteiger partial charge in [-0.25, -0.2) is 0 Å². The fourth-order valence-corrected chi connectivity index (χ4v) is 3.08. The highest BCUT2D eigenvalue weighted by atomic mass is 28.2. The highest BCUT2D eigenvalue weighted by molar-refractivity contribution is 6.31. The predicted molar refractivity (Wildman–Crippen MR) is 89.8 cm³/mol. The first-order valence-electron chi connectivity index (χ1n) is 7.35. The summed E-state index contributed by atoms with van der Waals surface area (Å²) in [6.45, 7) is 6.48. The zero-order valence-corrected chi connectivity index (χ0v) is 14.5. The molecule has 0 fully saturated rings. The number of rotatable bonds is 5. The number of hydrogen-bond donors (Lipinski definition) is 1. The lowest BCUT2D eigenvalue weighted by atomic mass is 9.98. The Labute approximate surface area is 129 Å². The lowest BCUT2D eigenvalue weighted by molar-refractivity contribution is -0.146. The van der Waals surface area contributed by atoms with Gasteiger partial charge in [-0.2, -0.15) is 0 Å². The molecule has 0 aliphatic rings. The molecular formula is C18H24O2Si. The Bertz CT molecular complexity index is 548. The quantitative estimate of drug-likeness (QED) is 0.677. The Morgan fingerprint density at radius 1 is 0.905 bits per heavy atom. The van der Waals surface area contributed by atoms with Crippen LogP contribution < -0.4 is 0 Å². The molecule has 0 heterocycles. The van der Waals surface area contributed by atoms with Gasteiger partial charge < -0.3 is 9.53 Å². The summed E-state index contributed by atoms with van der Waals surface area (Å²) in [6.07, 6.45) is 0.473. The first-order valence-corrected chi connectivity index (χ1v) is 8.63. The van der Waals surface area contributed by atoms with Crippen LogP contribution in [0.3, 0.4) is 0 Å². The van der Waals surface area contributed by atoms with Gasteiger partial charge in [0.05, 0.1) is 0 Å². The molecule has 0 spiro atoms. The van der Waals surface area contributed by atoms with Crippen molar-refractivity contribution in [3.8, 4) is 0 Å². The maximum atomic E-state index is 11.1. The monoisotopic (exact) mass is 300 g/mol. The Hall–Kier alpha value is -1.42. The van der Waals surface area contributed by atoms with Crippen molar-refractivity contribution < 1.29 is 9.53 Å². The Kier molecular flexibility index (Phi) is 4.98. The van der Waals surface area contributed by atoms with E-state index in [-0.39, 0.29) is 5.04 Å². The van der Waals surface area contributed by atoms with E-state index in [4.69, 9.17) is 4.43 Å². The molecule has 2 rings (SSSR count). The van der Waals surface area contributed by atoms with Crippen molar-refractivity contribution in [2.75, 3.05) is 0 Å². The highest BCUT2D eigenvalue weighted by Crippen LogP contribution is 2.30. The van der Waals surface area contributed by atoms with Crippen molar-refractivity contribution in [1.82, 2.24) is 0 Å². The average molecular weight is 300 g/mol. The fourth-order valence-electron chi connectivity index (χ4n) is 2.14. The first-order chi connectivity index (χ1) is 9.89. The molecule has 0 radical (unpaired) electrons. The minimum absolute atomic E-state index is 0.138. The van der Waals surface area contributed by atoms with E-state index >= 15 is 0 Å². The Balaban J connectivity index is 2.25. The van der Waals surface area contributed by atoms with E-state index in [1.165, 1.54) is 0 Å². The topological polar surface area (TPSA) is 29.5 Å². The van der Waals surface area contributed by atoms with E-state index in [1.54, 1.807) is 0 Å². The third-order valence-corrected chi connectivity index (χ3v) is 4.74. The second-order valence-corrected chi connectivity index (χ2v) is 9.36. The van der Waals surface area contributed by atoms with Crippen LogP contribution in [0.4, 0.5) is 0 Å². The van der Waals surface area contributed by atoms with Crippen LogP contribution in [0.15, 0.2) is 60.7 Å². The van der Waals surface area contributed by atoms with Crippen molar-refractivity contribution in [3.63, 3.8) is 0 Å². The summed E-state index contributed by atoms with van der Waals surface area (Å²) >= 11 is 0. The van der Waals surface area contributed by atoms with Gasteiger partial charge in [-0.3, -0.25) is 0 Å². The maximum absolute atomic E-state index is 11.1. The van der Waals surface area contributed by atoms with Crippen LogP contribution in [-0.4, -0.2) is 14.9 Å². The van der Waals surface area contributed by atoms with Gasteiger partial charge in [0.2, 0.25) is 0 Å². The summed E-state index contributed by atoms with van der Waals surface area (Å²) < 4.78 is 6.08. The molecule has 0 saturated carbocycles. The van der Waals surface area contributed by atoms with Crippen molar-refractivity contribution in [3.05, 3.63) is 71.8 Å². The van der Waals surface area contributed by atoms with Gasteiger partial charge >= 0.3 is 0 Å². The van der Waals surface area contributed by atoms with E-state index in [0.717, 1.165) is 11.1 Å². The lowest BCUT2D eigenvalue weighted by Gasteiger charge is -2.32. The lowest BCUT2D eigenvalue weighted by Crippen LogP contribution is -2.35. The normalized spacial score (nSPS) is 15.2. The Morgan fingerprint density at radius 3 is 1.95 bits per heavy atom. The van der Waals surface area contributed by atoms with Crippen molar-refractivity contribution >= 4 is 9.76 Å². The summed E-state index contributed by atoms with van der Waals surface area (Å²) in [4.78, 5) is 0. The zero-order valence-electron chi connectivity index (χ0n) is 13.0. The summed E-state index contributed by atoms with van der Waals surface area (Å²) in [5, 5.41) is 11.3. The van der Waals surface area contributed by atoms with Gasteiger partial charge in [0.1, 0.15) is 0 Å². The number of benzene rings is 2. The van der Waals surface area contributed by atoms with Crippen molar-refractivity contribution in [2.45, 2.75) is 38.0 Å². The molecule has 0 aliphatic carbocycles. The molecule has 112 valence electrons. The van der Waals surface area contributed by atoms with Crippen molar-refractivity contribution in [1.29, 1.82) is 0 Å². The van der Waals surface area contributed by atoms with E-state index in [1.807, 2.05) is 60.7 Å². The van der Waals surface area contributed by atoms with Crippen LogP contribution >= 0.6 is 0 Å². The van der Waals surface area contributed by atoms with Gasteiger partial charge in [0, 0.05) is 12.0 Å². The standard InChI is InChI=1S/C18H24O2Si/c1-17(2,3)21-20-18(19,16-12-8-5-9-13-16)14-15-10-6-4-7-11-15/h4-13,19H,14,21H2,1-3H3. The minimum atomic E-state index is -1.23. The van der Waals surface area contributed by atoms with E-state index < -0.39 is 15.6 Å². The molecular weight excluding hydrogens is 276 g/mol. The largest absolute Gasteiger partial charge is 0.393 e. The van der Waals surface area contributed by atoms with Crippen LogP contribution in [-0.2, 0) is 16.6 Å². The third kappa shape index (κ3) is 4.81. The number of hydrogen-bond acceptors (Lipinski definition) is 2. The van der Waals surface area contributed by atoms with Gasteiger partial charge in [0.25, 0.3) is 0 Å². The van der Waals surface area contributed by atoms with Crippen LogP contribution in [0.1, 0.15) is 31.9 Å². The minimum Gasteiger partial charge on any atom is -0.393 e. The summed E-state index contributed by atoms with van der Waals surface area (Å²) in [5.74, 6) is -1.23. The van der Waals surface area contributed by atoms with E-state index in [2.05, 4.69) is 20.8 Å². The molecule has 2 aromatic rings. The molecule has 0 amide bonds. The van der Waals surface area contributed by atoms with Crippen LogP contribution in [0.25, 0.3) is 0 Å². The van der Waals surface area contributed by atoms with Crippen molar-refractivity contribution in [2.24, 2.45) is 0 Å². The van der Waals surface area contributed by atoms with Gasteiger partial charge in [-0.15, -0.1) is 0 Å². The molecule has 0 aliphatic heterocycles. The van der Waals surface area contributed by atoms with Crippen LogP contribution in [0.5, 0.6) is 0 Å².